The highest BCUT2D eigenvalue weighted by Gasteiger charge is 2.42. The Kier molecular flexibility index (Phi) is 5.07. The first-order chi connectivity index (χ1) is 11.8. The van der Waals surface area contributed by atoms with Crippen molar-refractivity contribution in [3.8, 4) is 6.07 Å². The number of esters is 1. The highest BCUT2D eigenvalue weighted by molar-refractivity contribution is 5.92. The average Bonchev–Trinajstić information content (AvgIpc) is 2.59. The summed E-state index contributed by atoms with van der Waals surface area (Å²) < 4.78 is 50.3. The molecule has 1 atom stereocenters. The number of nitrogens with two attached hydrogens (primary N) is 1. The molecule has 1 aromatic rings. The lowest BCUT2D eigenvalue weighted by atomic mass is 9.80. The minimum atomic E-state index is -4.67. The average molecular weight is 352 g/mol. The van der Waals surface area contributed by atoms with Crippen LogP contribution in [-0.4, -0.2) is 13.1 Å². The maximum atomic E-state index is 13.4. The first kappa shape index (κ1) is 18.4. The van der Waals surface area contributed by atoms with Crippen LogP contribution in [0, 0.1) is 11.3 Å². The fraction of sp³-hybridized carbons (Fsp3) is 0.294. The molecule has 0 radical (unpaired) electrons. The lowest BCUT2D eigenvalue weighted by molar-refractivity contribution is -0.139. The van der Waals surface area contributed by atoms with Crippen molar-refractivity contribution >= 4 is 5.97 Å². The first-order valence-corrected chi connectivity index (χ1v) is 7.31. The number of hydrogen-bond acceptors (Lipinski definition) is 5. The van der Waals surface area contributed by atoms with Crippen molar-refractivity contribution in [3.63, 3.8) is 0 Å². The summed E-state index contributed by atoms with van der Waals surface area (Å²) in [6, 6.07) is 6.47. The van der Waals surface area contributed by atoms with Crippen LogP contribution in [0.1, 0.15) is 30.4 Å². The molecular weight excluding hydrogens is 337 g/mol. The van der Waals surface area contributed by atoms with Gasteiger partial charge >= 0.3 is 12.1 Å². The monoisotopic (exact) mass is 352 g/mol. The molecule has 8 heteroatoms. The van der Waals surface area contributed by atoms with Gasteiger partial charge in [-0.3, -0.25) is 0 Å². The second-order valence-corrected chi connectivity index (χ2v) is 5.19. The molecular formula is C17H15F3N2O3. The lowest BCUT2D eigenvalue weighted by Crippen LogP contribution is -2.27. The molecule has 1 heterocycles. The van der Waals surface area contributed by atoms with E-state index in [1.54, 1.807) is 13.0 Å². The van der Waals surface area contributed by atoms with Crippen LogP contribution in [0.5, 0.6) is 0 Å². The summed E-state index contributed by atoms with van der Waals surface area (Å²) in [4.78, 5) is 12.2. The topological polar surface area (TPSA) is 85.3 Å². The summed E-state index contributed by atoms with van der Waals surface area (Å²) in [6.07, 6.45) is -4.48. The molecule has 0 saturated heterocycles. The summed E-state index contributed by atoms with van der Waals surface area (Å²) in [5.41, 5.74) is 4.07. The molecule has 0 saturated carbocycles. The van der Waals surface area contributed by atoms with Gasteiger partial charge in [0, 0.05) is 6.42 Å². The van der Waals surface area contributed by atoms with Crippen molar-refractivity contribution in [1.82, 2.24) is 0 Å². The smallest absolute Gasteiger partial charge is 0.416 e. The van der Waals surface area contributed by atoms with Gasteiger partial charge in [0.15, 0.2) is 0 Å². The third kappa shape index (κ3) is 3.31. The molecule has 2 rings (SSSR count). The molecule has 2 N–H and O–H groups in total. The van der Waals surface area contributed by atoms with Gasteiger partial charge in [0.2, 0.25) is 5.88 Å². The molecule has 0 aliphatic carbocycles. The largest absolute Gasteiger partial charge is 0.466 e. The predicted molar refractivity (Wildman–Crippen MR) is 81.4 cm³/mol. The Morgan fingerprint density at radius 1 is 1.40 bits per heavy atom. The van der Waals surface area contributed by atoms with E-state index in [0.29, 0.717) is 0 Å². The number of allylic oxidation sites excluding steroid dienone is 2. The molecule has 25 heavy (non-hydrogen) atoms. The summed E-state index contributed by atoms with van der Waals surface area (Å²) in [5, 5.41) is 9.39. The highest BCUT2D eigenvalue weighted by Crippen LogP contribution is 2.44. The zero-order valence-corrected chi connectivity index (χ0v) is 13.5. The molecule has 0 fully saturated rings. The van der Waals surface area contributed by atoms with Crippen molar-refractivity contribution in [2.75, 3.05) is 7.11 Å². The Labute approximate surface area is 142 Å². The van der Waals surface area contributed by atoms with Crippen LogP contribution in [0.25, 0.3) is 0 Å². The summed E-state index contributed by atoms with van der Waals surface area (Å²) in [6.45, 7) is 1.65. The van der Waals surface area contributed by atoms with Crippen LogP contribution in [0.15, 0.2) is 47.1 Å². The van der Waals surface area contributed by atoms with E-state index in [0.717, 1.165) is 13.2 Å². The number of ether oxygens (including phenoxy) is 2. The van der Waals surface area contributed by atoms with Crippen molar-refractivity contribution in [3.05, 3.63) is 58.2 Å². The van der Waals surface area contributed by atoms with Crippen LogP contribution in [0.4, 0.5) is 13.2 Å². The van der Waals surface area contributed by atoms with Gasteiger partial charge in [0.05, 0.1) is 24.2 Å². The van der Waals surface area contributed by atoms with Crippen LogP contribution in [0.3, 0.4) is 0 Å². The molecule has 1 aromatic carbocycles. The van der Waals surface area contributed by atoms with Gasteiger partial charge < -0.3 is 15.2 Å². The summed E-state index contributed by atoms with van der Waals surface area (Å²) in [5.74, 6) is -2.45. The molecule has 0 aromatic heterocycles. The van der Waals surface area contributed by atoms with E-state index in [9.17, 15) is 23.2 Å². The Morgan fingerprint density at radius 3 is 2.56 bits per heavy atom. The predicted octanol–water partition coefficient (Wildman–Crippen LogP) is 3.35. The van der Waals surface area contributed by atoms with Gasteiger partial charge in [-0.15, -0.1) is 0 Å². The molecule has 5 nitrogen and oxygen atoms in total. The maximum absolute atomic E-state index is 13.4. The van der Waals surface area contributed by atoms with Crippen molar-refractivity contribution in [1.29, 1.82) is 5.26 Å². The number of alkyl halides is 3. The Bertz CT molecular complexity index is 804. The van der Waals surface area contributed by atoms with Gasteiger partial charge in [-0.25, -0.2) is 4.79 Å². The van der Waals surface area contributed by atoms with E-state index >= 15 is 0 Å². The van der Waals surface area contributed by atoms with E-state index < -0.39 is 23.6 Å². The van der Waals surface area contributed by atoms with E-state index in [1.165, 1.54) is 18.2 Å². The first-order valence-electron chi connectivity index (χ1n) is 7.31. The molecule has 0 unspecified atom stereocenters. The highest BCUT2D eigenvalue weighted by atomic mass is 19.4. The second-order valence-electron chi connectivity index (χ2n) is 5.19. The number of nitrogens with zero attached hydrogens (tertiary/aromatic N) is 1. The summed E-state index contributed by atoms with van der Waals surface area (Å²) >= 11 is 0. The van der Waals surface area contributed by atoms with Gasteiger partial charge in [0.1, 0.15) is 17.4 Å². The van der Waals surface area contributed by atoms with Gasteiger partial charge in [-0.2, -0.15) is 18.4 Å². The van der Waals surface area contributed by atoms with Crippen molar-refractivity contribution in [2.45, 2.75) is 25.4 Å². The molecule has 1 aliphatic rings. The van der Waals surface area contributed by atoms with E-state index in [1.807, 2.05) is 0 Å². The molecule has 0 spiro atoms. The number of rotatable bonds is 3. The molecule has 132 valence electrons. The van der Waals surface area contributed by atoms with E-state index in [-0.39, 0.29) is 34.8 Å². The molecule has 0 bridgehead atoms. The van der Waals surface area contributed by atoms with Crippen LogP contribution in [-0.2, 0) is 20.4 Å². The van der Waals surface area contributed by atoms with Crippen LogP contribution in [0.2, 0.25) is 0 Å². The Hall–Kier alpha value is -2.95. The molecule has 1 aliphatic heterocycles. The van der Waals surface area contributed by atoms with Gasteiger partial charge in [-0.1, -0.05) is 25.1 Å². The molecule has 0 amide bonds. The lowest BCUT2D eigenvalue weighted by Gasteiger charge is -2.29. The zero-order chi connectivity index (χ0) is 18.8. The van der Waals surface area contributed by atoms with Crippen molar-refractivity contribution in [2.24, 2.45) is 5.73 Å². The standard InChI is InChI=1S/C17H15F3N2O3/c1-3-12-14(16(23)24-2)13(10(8-21)15(22)25-12)9-6-4-5-7-11(9)17(18,19)20/h4-7,13H,3,22H2,1-2H3/t13-/m0/s1. The summed E-state index contributed by atoms with van der Waals surface area (Å²) in [7, 11) is 1.10. The number of halogens is 3. The maximum Gasteiger partial charge on any atom is 0.416 e. The van der Waals surface area contributed by atoms with Crippen LogP contribution < -0.4 is 5.73 Å². The number of nitriles is 1. The number of methoxy groups -OCH3 is 1. The normalized spacial score (nSPS) is 17.8. The minimum Gasteiger partial charge on any atom is -0.466 e. The third-order valence-electron chi connectivity index (χ3n) is 3.80. The fourth-order valence-corrected chi connectivity index (χ4v) is 2.73. The van der Waals surface area contributed by atoms with Gasteiger partial charge in [0.25, 0.3) is 0 Å². The van der Waals surface area contributed by atoms with Crippen molar-refractivity contribution < 1.29 is 27.4 Å². The van der Waals surface area contributed by atoms with Gasteiger partial charge in [-0.05, 0) is 11.6 Å². The zero-order valence-electron chi connectivity index (χ0n) is 13.5. The fourth-order valence-electron chi connectivity index (χ4n) is 2.73. The second kappa shape index (κ2) is 6.89. The quantitative estimate of drug-likeness (QED) is 0.843. The number of carbonyl (C=O) groups excluding carboxylic acids is 1. The SMILES string of the molecule is CCC1=C(C(=O)OC)[C@@H](c2ccccc2C(F)(F)F)C(C#N)=C(N)O1. The van der Waals surface area contributed by atoms with Crippen LogP contribution >= 0.6 is 0 Å². The van der Waals surface area contributed by atoms with E-state index in [4.69, 9.17) is 15.2 Å². The third-order valence-corrected chi connectivity index (χ3v) is 3.80. The number of hydrogen-bond donors (Lipinski definition) is 1. The minimum absolute atomic E-state index is 0.0744. The van der Waals surface area contributed by atoms with E-state index in [2.05, 4.69) is 0 Å². The number of benzene rings is 1. The Morgan fingerprint density at radius 2 is 2.04 bits per heavy atom. The Balaban J connectivity index is 2.82. The number of carbonyl (C=O) groups is 1.